The third-order valence-electron chi connectivity index (χ3n) is 2.16. The van der Waals surface area contributed by atoms with E-state index in [1.807, 2.05) is 18.2 Å². The Morgan fingerprint density at radius 3 is 3.00 bits per heavy atom. The molecule has 0 amide bonds. The molecule has 0 radical (unpaired) electrons. The predicted molar refractivity (Wildman–Crippen MR) is 63.9 cm³/mol. The van der Waals surface area contributed by atoms with E-state index in [2.05, 4.69) is 26.8 Å². The van der Waals surface area contributed by atoms with Gasteiger partial charge in [-0.2, -0.15) is 0 Å². The largest absolute Gasteiger partial charge is 0.493 e. The van der Waals surface area contributed by atoms with Crippen LogP contribution in [0.4, 0.5) is 0 Å². The van der Waals surface area contributed by atoms with Gasteiger partial charge in [-0.15, -0.1) is 6.42 Å². The molecule has 1 aromatic heterocycles. The van der Waals surface area contributed by atoms with Gasteiger partial charge in [0.1, 0.15) is 5.52 Å². The summed E-state index contributed by atoms with van der Waals surface area (Å²) >= 11 is 3.41. The Labute approximate surface area is 96.4 Å². The van der Waals surface area contributed by atoms with Gasteiger partial charge in [-0.05, 0) is 34.1 Å². The summed E-state index contributed by atoms with van der Waals surface area (Å²) in [6.45, 7) is 0. The molecule has 2 nitrogen and oxygen atoms in total. The Balaban J connectivity index is 2.94. The lowest BCUT2D eigenvalue weighted by molar-refractivity contribution is 0.416. The van der Waals surface area contributed by atoms with Gasteiger partial charge in [-0.25, -0.2) is 0 Å². The highest BCUT2D eigenvalue weighted by Gasteiger charge is 2.10. The van der Waals surface area contributed by atoms with E-state index in [9.17, 15) is 0 Å². The van der Waals surface area contributed by atoms with Crippen molar-refractivity contribution in [3.05, 3.63) is 34.4 Å². The fraction of sp³-hybridized carbons (Fsp3) is 0.0833. The third kappa shape index (κ3) is 1.57. The van der Waals surface area contributed by atoms with Crippen LogP contribution in [0.2, 0.25) is 0 Å². The highest BCUT2D eigenvalue weighted by atomic mass is 79.9. The summed E-state index contributed by atoms with van der Waals surface area (Å²) in [5.41, 5.74) is 1.59. The van der Waals surface area contributed by atoms with Crippen LogP contribution in [0.15, 0.2) is 28.9 Å². The van der Waals surface area contributed by atoms with E-state index in [0.717, 1.165) is 20.9 Å². The average Bonchev–Trinajstić information content (AvgIpc) is 2.28. The van der Waals surface area contributed by atoms with E-state index in [1.165, 1.54) is 0 Å². The molecule has 0 aliphatic rings. The molecule has 0 N–H and O–H groups in total. The smallest absolute Gasteiger partial charge is 0.159 e. The second-order valence-electron chi connectivity index (χ2n) is 2.98. The molecule has 15 heavy (non-hydrogen) atoms. The number of nitrogens with zero attached hydrogens (tertiary/aromatic N) is 1. The average molecular weight is 262 g/mol. The zero-order chi connectivity index (χ0) is 10.8. The van der Waals surface area contributed by atoms with Crippen molar-refractivity contribution < 1.29 is 4.74 Å². The number of halogens is 1. The third-order valence-corrected chi connectivity index (χ3v) is 2.75. The van der Waals surface area contributed by atoms with E-state index in [1.54, 1.807) is 13.3 Å². The van der Waals surface area contributed by atoms with Crippen molar-refractivity contribution in [3.8, 4) is 18.1 Å². The lowest BCUT2D eigenvalue weighted by Gasteiger charge is -2.08. The molecule has 0 fully saturated rings. The Morgan fingerprint density at radius 1 is 1.53 bits per heavy atom. The molecule has 2 rings (SSSR count). The second kappa shape index (κ2) is 3.92. The Morgan fingerprint density at radius 2 is 2.33 bits per heavy atom. The van der Waals surface area contributed by atoms with Crippen molar-refractivity contribution in [2.75, 3.05) is 7.11 Å². The molecule has 3 heteroatoms. The van der Waals surface area contributed by atoms with E-state index < -0.39 is 0 Å². The number of aromatic nitrogens is 1. The zero-order valence-electron chi connectivity index (χ0n) is 8.12. The number of pyridine rings is 1. The van der Waals surface area contributed by atoms with Crippen molar-refractivity contribution in [3.63, 3.8) is 0 Å². The van der Waals surface area contributed by atoms with Crippen LogP contribution in [0.1, 0.15) is 5.56 Å². The number of terminal acetylenes is 1. The van der Waals surface area contributed by atoms with Crippen LogP contribution in [0, 0.1) is 12.3 Å². The van der Waals surface area contributed by atoms with Crippen molar-refractivity contribution in [2.45, 2.75) is 0 Å². The number of rotatable bonds is 1. The molecule has 0 saturated heterocycles. The van der Waals surface area contributed by atoms with Crippen LogP contribution >= 0.6 is 15.9 Å². The van der Waals surface area contributed by atoms with Crippen molar-refractivity contribution >= 4 is 26.8 Å². The minimum Gasteiger partial charge on any atom is -0.493 e. The second-order valence-corrected chi connectivity index (χ2v) is 3.84. The normalized spacial score (nSPS) is 9.93. The molecule has 2 aromatic rings. The van der Waals surface area contributed by atoms with Crippen LogP contribution in [0.5, 0.6) is 5.75 Å². The topological polar surface area (TPSA) is 22.1 Å². The van der Waals surface area contributed by atoms with Gasteiger partial charge in [0.2, 0.25) is 0 Å². The quantitative estimate of drug-likeness (QED) is 0.737. The number of benzene rings is 1. The highest BCUT2D eigenvalue weighted by Crippen LogP contribution is 2.34. The first-order valence-corrected chi connectivity index (χ1v) is 5.15. The van der Waals surface area contributed by atoms with Gasteiger partial charge in [0.25, 0.3) is 0 Å². The lowest BCUT2D eigenvalue weighted by atomic mass is 10.1. The van der Waals surface area contributed by atoms with Gasteiger partial charge in [-0.1, -0.05) is 5.92 Å². The van der Waals surface area contributed by atoms with Crippen LogP contribution in [-0.2, 0) is 0 Å². The van der Waals surface area contributed by atoms with Gasteiger partial charge in [0.15, 0.2) is 5.75 Å². The Hall–Kier alpha value is -1.53. The fourth-order valence-corrected chi connectivity index (χ4v) is 2.08. The standard InChI is InChI=1S/C12H8BrNO/c1-3-8-7-10(13)12(15-2)11-9(8)5-4-6-14-11/h1,4-7H,2H3. The molecule has 0 spiro atoms. The molecule has 1 aromatic carbocycles. The molecule has 1 heterocycles. The predicted octanol–water partition coefficient (Wildman–Crippen LogP) is 2.99. The van der Waals surface area contributed by atoms with Crippen molar-refractivity contribution in [1.82, 2.24) is 4.98 Å². The number of ether oxygens (including phenoxy) is 1. The van der Waals surface area contributed by atoms with Crippen LogP contribution < -0.4 is 4.74 Å². The van der Waals surface area contributed by atoms with Gasteiger partial charge in [-0.3, -0.25) is 4.98 Å². The first kappa shape index (κ1) is 10.0. The summed E-state index contributed by atoms with van der Waals surface area (Å²) in [4.78, 5) is 4.27. The minimum atomic E-state index is 0.713. The first-order valence-electron chi connectivity index (χ1n) is 4.35. The number of hydrogen-bond acceptors (Lipinski definition) is 2. The Kier molecular flexibility index (Phi) is 2.61. The van der Waals surface area contributed by atoms with Crippen LogP contribution in [-0.4, -0.2) is 12.1 Å². The summed E-state index contributed by atoms with van der Waals surface area (Å²) in [6.07, 6.45) is 7.16. The Bertz CT molecular complexity index is 557. The maximum atomic E-state index is 5.44. The van der Waals surface area contributed by atoms with Gasteiger partial charge in [0, 0.05) is 17.1 Å². The maximum absolute atomic E-state index is 5.44. The lowest BCUT2D eigenvalue weighted by Crippen LogP contribution is -1.91. The summed E-state index contributed by atoms with van der Waals surface area (Å²) in [6, 6.07) is 5.66. The number of methoxy groups -OCH3 is 1. The molecular formula is C12H8BrNO. The first-order chi connectivity index (χ1) is 7.27. The molecule has 0 aliphatic carbocycles. The van der Waals surface area contributed by atoms with E-state index >= 15 is 0 Å². The number of fused-ring (bicyclic) bond motifs is 1. The molecule has 74 valence electrons. The van der Waals surface area contributed by atoms with Gasteiger partial charge >= 0.3 is 0 Å². The summed E-state index contributed by atoms with van der Waals surface area (Å²) in [5, 5.41) is 0.931. The van der Waals surface area contributed by atoms with Crippen molar-refractivity contribution in [1.29, 1.82) is 0 Å². The maximum Gasteiger partial charge on any atom is 0.159 e. The van der Waals surface area contributed by atoms with E-state index in [-0.39, 0.29) is 0 Å². The van der Waals surface area contributed by atoms with Gasteiger partial charge < -0.3 is 4.74 Å². The summed E-state index contributed by atoms with van der Waals surface area (Å²) in [7, 11) is 1.61. The number of hydrogen-bond donors (Lipinski definition) is 0. The fourth-order valence-electron chi connectivity index (χ4n) is 1.50. The SMILES string of the molecule is C#Cc1cc(Br)c(OC)c2ncccc12. The molecule has 0 aliphatic heterocycles. The summed E-state index contributed by atoms with van der Waals surface area (Å²) in [5.74, 6) is 3.35. The molecule has 0 saturated carbocycles. The minimum absolute atomic E-state index is 0.713. The van der Waals surface area contributed by atoms with Crippen LogP contribution in [0.3, 0.4) is 0 Å². The van der Waals surface area contributed by atoms with Crippen molar-refractivity contribution in [2.24, 2.45) is 0 Å². The molecule has 0 bridgehead atoms. The van der Waals surface area contributed by atoms with E-state index in [4.69, 9.17) is 11.2 Å². The molecular weight excluding hydrogens is 254 g/mol. The van der Waals surface area contributed by atoms with Gasteiger partial charge in [0.05, 0.1) is 11.6 Å². The zero-order valence-corrected chi connectivity index (χ0v) is 9.71. The van der Waals surface area contributed by atoms with E-state index in [0.29, 0.717) is 5.75 Å². The highest BCUT2D eigenvalue weighted by molar-refractivity contribution is 9.10. The summed E-state index contributed by atoms with van der Waals surface area (Å²) < 4.78 is 6.10. The monoisotopic (exact) mass is 261 g/mol. The van der Waals surface area contributed by atoms with Crippen LogP contribution in [0.25, 0.3) is 10.9 Å². The molecule has 0 unspecified atom stereocenters. The molecule has 0 atom stereocenters.